The molecule has 0 saturated carbocycles. The molecule has 0 unspecified atom stereocenters. The summed E-state index contributed by atoms with van der Waals surface area (Å²) in [7, 11) is 3.12. The second-order valence-electron chi connectivity index (χ2n) is 5.58. The average molecular weight is 436 g/mol. The van der Waals surface area contributed by atoms with Crippen molar-refractivity contribution in [2.24, 2.45) is 0 Å². The van der Waals surface area contributed by atoms with Gasteiger partial charge in [0.25, 0.3) is 5.91 Å². The predicted molar refractivity (Wildman–Crippen MR) is 115 cm³/mol. The Morgan fingerprint density at radius 2 is 2.11 bits per heavy atom. The highest BCUT2D eigenvalue weighted by atomic mass is 32.2. The van der Waals surface area contributed by atoms with Gasteiger partial charge in [-0.05, 0) is 23.8 Å². The Labute approximate surface area is 175 Å². The quantitative estimate of drug-likeness (QED) is 0.527. The van der Waals surface area contributed by atoms with Crippen LogP contribution >= 0.6 is 35.3 Å². The standard InChI is InChI=1S/C18H17N3O4S3/c1-24-12-4-3-11(9-13(12)25-2)10-14-16(23)21(18(26)28-14)7-5-15(22)20-17-19-6-8-27-17/h3-4,6,8-10H,5,7H2,1-2H3,(H,19,20,22). The first kappa shape index (κ1) is 20.3. The number of carbonyl (C=O) groups excluding carboxylic acids is 2. The molecule has 146 valence electrons. The summed E-state index contributed by atoms with van der Waals surface area (Å²) in [6.45, 7) is 0.213. The minimum absolute atomic E-state index is 0.135. The lowest BCUT2D eigenvalue weighted by molar-refractivity contribution is -0.122. The zero-order valence-electron chi connectivity index (χ0n) is 15.1. The number of ether oxygens (including phenoxy) is 2. The molecular formula is C18H17N3O4S3. The van der Waals surface area contributed by atoms with Crippen molar-refractivity contribution in [2.45, 2.75) is 6.42 Å². The van der Waals surface area contributed by atoms with Crippen LogP contribution < -0.4 is 14.8 Å². The van der Waals surface area contributed by atoms with E-state index < -0.39 is 0 Å². The molecule has 1 aliphatic rings. The highest BCUT2D eigenvalue weighted by Gasteiger charge is 2.32. The number of hydrogen-bond acceptors (Lipinski definition) is 8. The van der Waals surface area contributed by atoms with Gasteiger partial charge in [-0.3, -0.25) is 14.5 Å². The van der Waals surface area contributed by atoms with Crippen molar-refractivity contribution in [2.75, 3.05) is 26.1 Å². The fourth-order valence-corrected chi connectivity index (χ4v) is 4.32. The minimum atomic E-state index is -0.216. The molecule has 7 nitrogen and oxygen atoms in total. The average Bonchev–Trinajstić information content (AvgIpc) is 3.28. The first-order valence-electron chi connectivity index (χ1n) is 8.18. The highest BCUT2D eigenvalue weighted by Crippen LogP contribution is 2.34. The third-order valence-electron chi connectivity index (χ3n) is 3.82. The summed E-state index contributed by atoms with van der Waals surface area (Å²) in [6, 6.07) is 5.39. The maximum atomic E-state index is 12.7. The second-order valence-corrected chi connectivity index (χ2v) is 8.15. The van der Waals surface area contributed by atoms with Crippen molar-refractivity contribution in [3.05, 3.63) is 40.2 Å². The summed E-state index contributed by atoms with van der Waals surface area (Å²) in [5.41, 5.74) is 0.791. The molecule has 1 aliphatic heterocycles. The maximum Gasteiger partial charge on any atom is 0.266 e. The van der Waals surface area contributed by atoms with Gasteiger partial charge in [0, 0.05) is 24.5 Å². The number of thioether (sulfide) groups is 1. The van der Waals surface area contributed by atoms with Gasteiger partial charge in [-0.25, -0.2) is 4.98 Å². The normalized spacial score (nSPS) is 15.2. The van der Waals surface area contributed by atoms with Gasteiger partial charge >= 0.3 is 0 Å². The van der Waals surface area contributed by atoms with Gasteiger partial charge in [0.05, 0.1) is 19.1 Å². The van der Waals surface area contributed by atoms with Crippen LogP contribution in [0.25, 0.3) is 6.08 Å². The van der Waals surface area contributed by atoms with Crippen molar-refractivity contribution in [1.29, 1.82) is 0 Å². The van der Waals surface area contributed by atoms with Crippen molar-refractivity contribution in [1.82, 2.24) is 9.88 Å². The molecule has 1 aromatic heterocycles. The van der Waals surface area contributed by atoms with Crippen molar-refractivity contribution in [3.8, 4) is 11.5 Å². The van der Waals surface area contributed by atoms with Gasteiger partial charge in [0.2, 0.25) is 5.91 Å². The lowest BCUT2D eigenvalue weighted by Crippen LogP contribution is -2.31. The van der Waals surface area contributed by atoms with Crippen LogP contribution in [-0.4, -0.2) is 46.8 Å². The topological polar surface area (TPSA) is 80.8 Å². The van der Waals surface area contributed by atoms with E-state index in [-0.39, 0.29) is 24.8 Å². The van der Waals surface area contributed by atoms with E-state index in [0.717, 1.165) is 5.56 Å². The van der Waals surface area contributed by atoms with E-state index in [1.807, 2.05) is 6.07 Å². The number of thiocarbonyl (C=S) groups is 1. The molecule has 10 heteroatoms. The number of amides is 2. The zero-order valence-corrected chi connectivity index (χ0v) is 17.6. The van der Waals surface area contributed by atoms with Crippen molar-refractivity contribution >= 4 is 62.7 Å². The number of thiazole rings is 1. The Bertz CT molecular complexity index is 928. The number of rotatable bonds is 7. The summed E-state index contributed by atoms with van der Waals surface area (Å²) in [4.78, 5) is 30.6. The summed E-state index contributed by atoms with van der Waals surface area (Å²) in [5, 5.41) is 5.00. The van der Waals surface area contributed by atoms with E-state index in [9.17, 15) is 9.59 Å². The Morgan fingerprint density at radius 1 is 1.32 bits per heavy atom. The lowest BCUT2D eigenvalue weighted by atomic mass is 10.2. The van der Waals surface area contributed by atoms with E-state index in [2.05, 4.69) is 10.3 Å². The molecule has 28 heavy (non-hydrogen) atoms. The van der Waals surface area contributed by atoms with Crippen molar-refractivity contribution < 1.29 is 19.1 Å². The molecule has 2 aromatic rings. The summed E-state index contributed by atoms with van der Waals surface area (Å²) in [6.07, 6.45) is 3.49. The predicted octanol–water partition coefficient (Wildman–Crippen LogP) is 3.39. The van der Waals surface area contributed by atoms with Crippen LogP contribution in [0, 0.1) is 0 Å². The molecule has 1 fully saturated rings. The number of carbonyl (C=O) groups is 2. The third kappa shape index (κ3) is 4.70. The Kier molecular flexibility index (Phi) is 6.65. The van der Waals surface area contributed by atoms with Crippen molar-refractivity contribution in [3.63, 3.8) is 0 Å². The molecular weight excluding hydrogens is 418 g/mol. The monoisotopic (exact) mass is 435 g/mol. The number of aromatic nitrogens is 1. The van der Waals surface area contributed by atoms with Crippen LogP contribution in [0.1, 0.15) is 12.0 Å². The van der Waals surface area contributed by atoms with Crippen LogP contribution in [0.2, 0.25) is 0 Å². The van der Waals surface area contributed by atoms with Gasteiger partial charge in [-0.2, -0.15) is 0 Å². The number of hydrogen-bond donors (Lipinski definition) is 1. The van der Waals surface area contributed by atoms with E-state index in [1.165, 1.54) is 28.0 Å². The molecule has 0 aliphatic carbocycles. The van der Waals surface area contributed by atoms with E-state index in [4.69, 9.17) is 21.7 Å². The summed E-state index contributed by atoms with van der Waals surface area (Å²) >= 11 is 7.86. The second kappa shape index (κ2) is 9.18. The lowest BCUT2D eigenvalue weighted by Gasteiger charge is -2.13. The minimum Gasteiger partial charge on any atom is -0.493 e. The van der Waals surface area contributed by atoms with Gasteiger partial charge in [0.1, 0.15) is 4.32 Å². The Morgan fingerprint density at radius 3 is 2.79 bits per heavy atom. The number of nitrogens with zero attached hydrogens (tertiary/aromatic N) is 2. The SMILES string of the molecule is COc1ccc(C=C2SC(=S)N(CCC(=O)Nc3nccs3)C2=O)cc1OC. The highest BCUT2D eigenvalue weighted by molar-refractivity contribution is 8.26. The molecule has 1 aromatic carbocycles. The van der Waals surface area contributed by atoms with E-state index in [0.29, 0.717) is 25.9 Å². The third-order valence-corrected chi connectivity index (χ3v) is 5.89. The summed E-state index contributed by atoms with van der Waals surface area (Å²) < 4.78 is 10.9. The molecule has 1 N–H and O–H groups in total. The van der Waals surface area contributed by atoms with Crippen LogP contribution in [0.15, 0.2) is 34.7 Å². The molecule has 2 amide bonds. The van der Waals surface area contributed by atoms with Gasteiger partial charge < -0.3 is 14.8 Å². The Balaban J connectivity index is 1.66. The Hall–Kier alpha value is -2.43. The van der Waals surface area contributed by atoms with E-state index >= 15 is 0 Å². The number of nitrogens with one attached hydrogen (secondary N) is 1. The molecule has 0 spiro atoms. The summed E-state index contributed by atoms with van der Waals surface area (Å²) in [5.74, 6) is 0.753. The van der Waals surface area contributed by atoms with Crippen LogP contribution in [-0.2, 0) is 9.59 Å². The molecule has 0 bridgehead atoms. The smallest absolute Gasteiger partial charge is 0.266 e. The zero-order chi connectivity index (χ0) is 20.1. The molecule has 3 rings (SSSR count). The van der Waals surface area contributed by atoms with Crippen LogP contribution in [0.5, 0.6) is 11.5 Å². The van der Waals surface area contributed by atoms with E-state index in [1.54, 1.807) is 44.0 Å². The molecule has 0 atom stereocenters. The first-order chi connectivity index (χ1) is 13.5. The molecule has 0 radical (unpaired) electrons. The number of methoxy groups -OCH3 is 2. The fourth-order valence-electron chi connectivity index (χ4n) is 2.47. The fraction of sp³-hybridized carbons (Fsp3) is 0.222. The maximum absolute atomic E-state index is 12.7. The van der Waals surface area contributed by atoms with Gasteiger partial charge in [0.15, 0.2) is 16.6 Å². The number of benzene rings is 1. The largest absolute Gasteiger partial charge is 0.493 e. The van der Waals surface area contributed by atoms with Gasteiger partial charge in [-0.1, -0.05) is 30.0 Å². The molecule has 1 saturated heterocycles. The number of anilines is 1. The van der Waals surface area contributed by atoms with Crippen LogP contribution in [0.4, 0.5) is 5.13 Å². The molecule has 2 heterocycles. The van der Waals surface area contributed by atoms with Crippen LogP contribution in [0.3, 0.4) is 0 Å². The first-order valence-corrected chi connectivity index (χ1v) is 10.3. The van der Waals surface area contributed by atoms with Gasteiger partial charge in [-0.15, -0.1) is 11.3 Å².